The van der Waals surface area contributed by atoms with E-state index >= 15 is 0 Å². The number of fused-ring (bicyclic) bond motifs is 1. The van der Waals surface area contributed by atoms with Crippen molar-refractivity contribution in [2.75, 3.05) is 18.5 Å². The Bertz CT molecular complexity index is 846. The molecule has 1 aromatic heterocycles. The molecule has 1 saturated heterocycles. The number of nitrogens with zero attached hydrogens (tertiary/aromatic N) is 2. The predicted molar refractivity (Wildman–Crippen MR) is 107 cm³/mol. The van der Waals surface area contributed by atoms with E-state index < -0.39 is 0 Å². The second kappa shape index (κ2) is 7.59. The highest BCUT2D eigenvalue weighted by atomic mass is 16.4. The van der Waals surface area contributed by atoms with E-state index in [0.717, 1.165) is 73.5 Å². The lowest BCUT2D eigenvalue weighted by Gasteiger charge is -2.29. The van der Waals surface area contributed by atoms with Crippen molar-refractivity contribution >= 4 is 17.3 Å². The van der Waals surface area contributed by atoms with Gasteiger partial charge in [0.15, 0.2) is 5.76 Å². The van der Waals surface area contributed by atoms with Crippen LogP contribution in [0, 0.1) is 12.8 Å². The summed E-state index contributed by atoms with van der Waals surface area (Å²) in [7, 11) is 0. The van der Waals surface area contributed by atoms with Crippen molar-refractivity contribution in [2.24, 2.45) is 11.0 Å². The maximum atomic E-state index is 13.0. The number of nitrogens with one attached hydrogen (secondary N) is 1. The lowest BCUT2D eigenvalue weighted by atomic mass is 9.93. The van der Waals surface area contributed by atoms with Gasteiger partial charge in [-0.3, -0.25) is 10.2 Å². The molecule has 0 bridgehead atoms. The van der Waals surface area contributed by atoms with Crippen molar-refractivity contribution in [3.63, 3.8) is 0 Å². The van der Waals surface area contributed by atoms with Crippen molar-refractivity contribution < 1.29 is 9.21 Å². The molecule has 1 aliphatic carbocycles. The predicted octanol–water partition coefficient (Wildman–Crippen LogP) is 4.61. The molecule has 0 unspecified atom stereocenters. The minimum Gasteiger partial charge on any atom is -0.455 e. The van der Waals surface area contributed by atoms with Gasteiger partial charge in [-0.1, -0.05) is 25.1 Å². The summed E-state index contributed by atoms with van der Waals surface area (Å²) in [5.74, 6) is 2.14. The SMILES string of the molecule is Cc1c(C(=O)N2CCC(C)CC2)oc2c1/C(=N/Nc1ccccc1)CCC2. The van der Waals surface area contributed by atoms with Gasteiger partial charge in [0, 0.05) is 30.6 Å². The van der Waals surface area contributed by atoms with E-state index in [2.05, 4.69) is 17.5 Å². The van der Waals surface area contributed by atoms with E-state index in [1.807, 2.05) is 42.2 Å². The smallest absolute Gasteiger partial charge is 0.289 e. The molecule has 4 rings (SSSR count). The topological polar surface area (TPSA) is 57.8 Å². The highest BCUT2D eigenvalue weighted by Crippen LogP contribution is 2.31. The van der Waals surface area contributed by atoms with E-state index in [1.54, 1.807) is 0 Å². The van der Waals surface area contributed by atoms with Crippen LogP contribution in [0.2, 0.25) is 0 Å². The molecule has 0 radical (unpaired) electrons. The fourth-order valence-electron chi connectivity index (χ4n) is 3.98. The summed E-state index contributed by atoms with van der Waals surface area (Å²) >= 11 is 0. The van der Waals surface area contributed by atoms with Gasteiger partial charge < -0.3 is 9.32 Å². The highest BCUT2D eigenvalue weighted by molar-refractivity contribution is 6.06. The van der Waals surface area contributed by atoms with Crippen molar-refractivity contribution in [1.82, 2.24) is 4.90 Å². The summed E-state index contributed by atoms with van der Waals surface area (Å²) in [6, 6.07) is 9.92. The Balaban J connectivity index is 1.59. The van der Waals surface area contributed by atoms with Crippen LogP contribution in [0.3, 0.4) is 0 Å². The first-order valence-corrected chi connectivity index (χ1v) is 9.93. The number of carbonyl (C=O) groups excluding carboxylic acids is 1. The number of piperidine rings is 1. The van der Waals surface area contributed by atoms with Crippen LogP contribution in [0.25, 0.3) is 0 Å². The molecule has 0 saturated carbocycles. The third-order valence-electron chi connectivity index (χ3n) is 5.68. The number of rotatable bonds is 3. The molecule has 0 spiro atoms. The summed E-state index contributed by atoms with van der Waals surface area (Å²) in [6.07, 6.45) is 4.88. The van der Waals surface area contributed by atoms with Gasteiger partial charge in [0.2, 0.25) is 0 Å². The zero-order valence-corrected chi connectivity index (χ0v) is 16.1. The first-order valence-electron chi connectivity index (χ1n) is 9.93. The molecule has 27 heavy (non-hydrogen) atoms. The maximum Gasteiger partial charge on any atom is 0.289 e. The van der Waals surface area contributed by atoms with Gasteiger partial charge in [0.05, 0.1) is 11.4 Å². The molecule has 1 aromatic carbocycles. The first-order chi connectivity index (χ1) is 13.1. The van der Waals surface area contributed by atoms with Crippen LogP contribution in [-0.4, -0.2) is 29.6 Å². The van der Waals surface area contributed by atoms with E-state index in [-0.39, 0.29) is 5.91 Å². The van der Waals surface area contributed by atoms with Crippen molar-refractivity contribution in [3.8, 4) is 0 Å². The number of para-hydroxylation sites is 1. The molecule has 2 heterocycles. The Morgan fingerprint density at radius 1 is 1.19 bits per heavy atom. The van der Waals surface area contributed by atoms with Gasteiger partial charge in [-0.25, -0.2) is 0 Å². The van der Waals surface area contributed by atoms with Gasteiger partial charge in [-0.05, 0) is 50.7 Å². The molecular formula is C22H27N3O2. The van der Waals surface area contributed by atoms with Crippen LogP contribution in [0.4, 0.5) is 5.69 Å². The van der Waals surface area contributed by atoms with Crippen molar-refractivity contribution in [2.45, 2.75) is 46.0 Å². The molecule has 2 aliphatic rings. The zero-order chi connectivity index (χ0) is 18.8. The number of hydrogen-bond donors (Lipinski definition) is 1. The van der Waals surface area contributed by atoms with Crippen LogP contribution >= 0.6 is 0 Å². The summed E-state index contributed by atoms with van der Waals surface area (Å²) in [4.78, 5) is 14.9. The number of anilines is 1. The molecule has 1 aliphatic heterocycles. The molecule has 1 fully saturated rings. The lowest BCUT2D eigenvalue weighted by molar-refractivity contribution is 0.0662. The number of amides is 1. The van der Waals surface area contributed by atoms with Crippen LogP contribution in [0.15, 0.2) is 39.9 Å². The van der Waals surface area contributed by atoms with Crippen molar-refractivity contribution in [3.05, 3.63) is 53.0 Å². The van der Waals surface area contributed by atoms with E-state index in [1.165, 1.54) is 0 Å². The summed E-state index contributed by atoms with van der Waals surface area (Å²) in [5.41, 5.74) is 7.03. The molecule has 2 aromatic rings. The molecular weight excluding hydrogens is 338 g/mol. The number of carbonyl (C=O) groups is 1. The van der Waals surface area contributed by atoms with E-state index in [0.29, 0.717) is 11.7 Å². The van der Waals surface area contributed by atoms with Gasteiger partial charge >= 0.3 is 0 Å². The fourth-order valence-corrected chi connectivity index (χ4v) is 3.98. The standard InChI is InChI=1S/C22H27N3O2/c1-15-11-13-25(14-12-15)22(26)21-16(2)20-18(9-6-10-19(20)27-21)24-23-17-7-4-3-5-8-17/h3-5,7-8,15,23H,6,9-14H2,1-2H3/b24-18+. The molecule has 0 atom stereocenters. The summed E-state index contributed by atoms with van der Waals surface area (Å²) in [5, 5.41) is 4.63. The third kappa shape index (κ3) is 3.64. The molecule has 142 valence electrons. The van der Waals surface area contributed by atoms with Crippen molar-refractivity contribution in [1.29, 1.82) is 0 Å². The number of hydrogen-bond acceptors (Lipinski definition) is 4. The van der Waals surface area contributed by atoms with Gasteiger partial charge in [0.1, 0.15) is 5.76 Å². The third-order valence-corrected chi connectivity index (χ3v) is 5.68. The maximum absolute atomic E-state index is 13.0. The number of aryl methyl sites for hydroxylation is 1. The monoisotopic (exact) mass is 365 g/mol. The normalized spacial score (nSPS) is 19.2. The largest absolute Gasteiger partial charge is 0.455 e. The number of hydrazone groups is 1. The number of benzene rings is 1. The minimum absolute atomic E-state index is 0.0316. The van der Waals surface area contributed by atoms with Crippen LogP contribution in [0.5, 0.6) is 0 Å². The minimum atomic E-state index is 0.0316. The van der Waals surface area contributed by atoms with Crippen LogP contribution < -0.4 is 5.43 Å². The Kier molecular flexibility index (Phi) is 5.01. The van der Waals surface area contributed by atoms with E-state index in [9.17, 15) is 4.79 Å². The van der Waals surface area contributed by atoms with Gasteiger partial charge in [0.25, 0.3) is 5.91 Å². The van der Waals surface area contributed by atoms with Crippen LogP contribution in [0.1, 0.15) is 60.0 Å². The average molecular weight is 365 g/mol. The van der Waals surface area contributed by atoms with E-state index in [4.69, 9.17) is 4.42 Å². The number of furan rings is 1. The molecule has 1 N–H and O–H groups in total. The first kappa shape index (κ1) is 17.8. The molecule has 5 nitrogen and oxygen atoms in total. The Morgan fingerprint density at radius 3 is 2.67 bits per heavy atom. The fraction of sp³-hybridized carbons (Fsp3) is 0.455. The second-order valence-corrected chi connectivity index (χ2v) is 7.72. The molecule has 5 heteroatoms. The lowest BCUT2D eigenvalue weighted by Crippen LogP contribution is -2.38. The average Bonchev–Trinajstić information content (AvgIpc) is 3.04. The highest BCUT2D eigenvalue weighted by Gasteiger charge is 2.31. The summed E-state index contributed by atoms with van der Waals surface area (Å²) < 4.78 is 6.06. The Morgan fingerprint density at radius 2 is 1.93 bits per heavy atom. The number of likely N-dealkylation sites (tertiary alicyclic amines) is 1. The van der Waals surface area contributed by atoms with Gasteiger partial charge in [-0.2, -0.15) is 5.10 Å². The quantitative estimate of drug-likeness (QED) is 0.808. The zero-order valence-electron chi connectivity index (χ0n) is 16.1. The van der Waals surface area contributed by atoms with Gasteiger partial charge in [-0.15, -0.1) is 0 Å². The Hall–Kier alpha value is -2.56. The Labute approximate surface area is 160 Å². The molecule has 1 amide bonds. The summed E-state index contributed by atoms with van der Waals surface area (Å²) in [6.45, 7) is 5.88. The second-order valence-electron chi connectivity index (χ2n) is 7.72. The van der Waals surface area contributed by atoms with Crippen LogP contribution in [-0.2, 0) is 6.42 Å².